The first-order chi connectivity index (χ1) is 9.43. The van der Waals surface area contributed by atoms with Crippen LogP contribution in [0.4, 0.5) is 5.69 Å². The van der Waals surface area contributed by atoms with Crippen LogP contribution in [0, 0.1) is 27.9 Å². The number of fused-ring (bicyclic) bond motifs is 1. The molecule has 3 atom stereocenters. The topological polar surface area (TPSA) is 97.6 Å². The van der Waals surface area contributed by atoms with Gasteiger partial charge in [0.05, 0.1) is 16.8 Å². The summed E-state index contributed by atoms with van der Waals surface area (Å²) < 4.78 is 0. The SMILES string of the molecule is CN1C(=O)[C@@H]2C(C(=O)c3ccc([N+](=O)[O-])cc3)[C@@H]2C1=O. The highest BCUT2D eigenvalue weighted by atomic mass is 16.6. The molecule has 7 nitrogen and oxygen atoms in total. The van der Waals surface area contributed by atoms with Gasteiger partial charge in [-0.25, -0.2) is 0 Å². The summed E-state index contributed by atoms with van der Waals surface area (Å²) in [4.78, 5) is 46.7. The van der Waals surface area contributed by atoms with Gasteiger partial charge in [-0.2, -0.15) is 0 Å². The molecule has 0 radical (unpaired) electrons. The molecule has 0 N–H and O–H groups in total. The molecular weight excluding hydrogens is 264 g/mol. The molecule has 1 saturated carbocycles. The van der Waals surface area contributed by atoms with Gasteiger partial charge in [0, 0.05) is 30.7 Å². The van der Waals surface area contributed by atoms with Gasteiger partial charge in [0.15, 0.2) is 5.78 Å². The van der Waals surface area contributed by atoms with Crippen LogP contribution in [0.3, 0.4) is 0 Å². The Balaban J connectivity index is 1.81. The lowest BCUT2D eigenvalue weighted by molar-refractivity contribution is -0.384. The second-order valence-corrected chi connectivity index (χ2v) is 4.98. The first-order valence-corrected chi connectivity index (χ1v) is 6.03. The van der Waals surface area contributed by atoms with Crippen molar-refractivity contribution >= 4 is 23.3 Å². The molecule has 0 aromatic heterocycles. The van der Waals surface area contributed by atoms with Gasteiger partial charge >= 0.3 is 0 Å². The van der Waals surface area contributed by atoms with E-state index in [0.717, 1.165) is 4.90 Å². The van der Waals surface area contributed by atoms with Crippen molar-refractivity contribution in [1.82, 2.24) is 4.90 Å². The van der Waals surface area contributed by atoms with E-state index >= 15 is 0 Å². The summed E-state index contributed by atoms with van der Waals surface area (Å²) in [6.07, 6.45) is 0. The Labute approximate surface area is 113 Å². The zero-order chi connectivity index (χ0) is 14.6. The van der Waals surface area contributed by atoms with Crippen molar-refractivity contribution < 1.29 is 19.3 Å². The molecule has 7 heteroatoms. The number of Topliss-reactive ketones (excluding diaryl/α,β-unsaturated/α-hetero) is 1. The zero-order valence-electron chi connectivity index (χ0n) is 10.5. The number of ketones is 1. The Morgan fingerprint density at radius 1 is 1.15 bits per heavy atom. The minimum absolute atomic E-state index is 0.107. The van der Waals surface area contributed by atoms with Crippen LogP contribution in [0.25, 0.3) is 0 Å². The lowest BCUT2D eigenvalue weighted by Gasteiger charge is -2.11. The fourth-order valence-electron chi connectivity index (χ4n) is 2.75. The highest BCUT2D eigenvalue weighted by molar-refractivity contribution is 6.16. The molecule has 1 saturated heterocycles. The van der Waals surface area contributed by atoms with E-state index in [1.165, 1.54) is 31.3 Å². The monoisotopic (exact) mass is 274 g/mol. The molecular formula is C13H10N2O5. The quantitative estimate of drug-likeness (QED) is 0.348. The molecule has 1 heterocycles. The molecule has 1 aliphatic heterocycles. The van der Waals surface area contributed by atoms with E-state index < -0.39 is 22.7 Å². The third-order valence-electron chi connectivity index (χ3n) is 3.92. The number of hydrogen-bond donors (Lipinski definition) is 0. The lowest BCUT2D eigenvalue weighted by Crippen LogP contribution is -2.32. The van der Waals surface area contributed by atoms with Gasteiger partial charge in [0.25, 0.3) is 5.69 Å². The average Bonchev–Trinajstić information content (AvgIpc) is 3.14. The summed E-state index contributed by atoms with van der Waals surface area (Å²) in [5.74, 6) is -2.64. The maximum atomic E-state index is 12.2. The Kier molecular flexibility index (Phi) is 2.47. The Bertz CT molecular complexity index is 629. The summed E-state index contributed by atoms with van der Waals surface area (Å²) in [5, 5.41) is 10.5. The molecule has 2 fully saturated rings. The third kappa shape index (κ3) is 1.56. The van der Waals surface area contributed by atoms with E-state index in [0.29, 0.717) is 5.56 Å². The molecule has 1 aromatic carbocycles. The first kappa shape index (κ1) is 12.5. The molecule has 2 aliphatic rings. The summed E-state index contributed by atoms with van der Waals surface area (Å²) in [7, 11) is 1.41. The van der Waals surface area contributed by atoms with Crippen LogP contribution in [0.2, 0.25) is 0 Å². The summed E-state index contributed by atoms with van der Waals surface area (Å²) >= 11 is 0. The minimum atomic E-state index is -0.604. The smallest absolute Gasteiger partial charge is 0.269 e. The Hall–Kier alpha value is -2.57. The molecule has 0 bridgehead atoms. The van der Waals surface area contributed by atoms with Crippen LogP contribution in [0.15, 0.2) is 24.3 Å². The number of nitro groups is 1. The standard InChI is InChI=1S/C13H10N2O5/c1-14-12(17)9-8(10(9)13(14)18)11(16)6-2-4-7(5-3-6)15(19)20/h2-5,8-10H,1H3/t8?,9-,10+. The molecule has 102 valence electrons. The zero-order valence-corrected chi connectivity index (χ0v) is 10.5. The number of nitro benzene ring substituents is 1. The second-order valence-electron chi connectivity index (χ2n) is 4.98. The minimum Gasteiger partial charge on any atom is -0.294 e. The van der Waals surface area contributed by atoms with E-state index in [-0.39, 0.29) is 23.3 Å². The maximum Gasteiger partial charge on any atom is 0.269 e. The van der Waals surface area contributed by atoms with Crippen molar-refractivity contribution in [2.24, 2.45) is 17.8 Å². The molecule has 2 amide bonds. The summed E-state index contributed by atoms with van der Waals surface area (Å²) in [6.45, 7) is 0. The van der Waals surface area contributed by atoms with Crippen LogP contribution in [0.1, 0.15) is 10.4 Å². The van der Waals surface area contributed by atoms with Crippen molar-refractivity contribution in [1.29, 1.82) is 0 Å². The van der Waals surface area contributed by atoms with E-state index in [9.17, 15) is 24.5 Å². The van der Waals surface area contributed by atoms with Crippen LogP contribution in [-0.4, -0.2) is 34.5 Å². The Morgan fingerprint density at radius 2 is 1.65 bits per heavy atom. The number of carbonyl (C=O) groups is 3. The van der Waals surface area contributed by atoms with Gasteiger partial charge in [-0.15, -0.1) is 0 Å². The van der Waals surface area contributed by atoms with Crippen LogP contribution < -0.4 is 0 Å². The van der Waals surface area contributed by atoms with Crippen LogP contribution in [-0.2, 0) is 9.59 Å². The lowest BCUT2D eigenvalue weighted by atomic mass is 10.0. The number of likely N-dealkylation sites (tertiary alicyclic amines) is 1. The van der Waals surface area contributed by atoms with Crippen molar-refractivity contribution in [2.45, 2.75) is 0 Å². The van der Waals surface area contributed by atoms with E-state index in [4.69, 9.17) is 0 Å². The van der Waals surface area contributed by atoms with E-state index in [2.05, 4.69) is 0 Å². The number of benzene rings is 1. The van der Waals surface area contributed by atoms with Crippen molar-refractivity contribution in [3.8, 4) is 0 Å². The fourth-order valence-corrected chi connectivity index (χ4v) is 2.75. The van der Waals surface area contributed by atoms with Gasteiger partial charge in [-0.3, -0.25) is 29.4 Å². The average molecular weight is 274 g/mol. The largest absolute Gasteiger partial charge is 0.294 e. The molecule has 1 aliphatic carbocycles. The van der Waals surface area contributed by atoms with Gasteiger partial charge in [-0.1, -0.05) is 0 Å². The van der Waals surface area contributed by atoms with Gasteiger partial charge in [0.2, 0.25) is 11.8 Å². The molecule has 20 heavy (non-hydrogen) atoms. The van der Waals surface area contributed by atoms with Crippen molar-refractivity contribution in [3.05, 3.63) is 39.9 Å². The number of hydrogen-bond acceptors (Lipinski definition) is 5. The van der Waals surface area contributed by atoms with Crippen molar-refractivity contribution in [2.75, 3.05) is 7.05 Å². The summed E-state index contributed by atoms with van der Waals surface area (Å²) in [6, 6.07) is 5.18. The molecule has 0 spiro atoms. The number of piperidine rings is 1. The van der Waals surface area contributed by atoms with Gasteiger partial charge < -0.3 is 0 Å². The first-order valence-electron chi connectivity index (χ1n) is 6.03. The normalized spacial score (nSPS) is 27.4. The van der Waals surface area contributed by atoms with Gasteiger partial charge in [0.1, 0.15) is 0 Å². The summed E-state index contributed by atoms with van der Waals surface area (Å²) in [5.41, 5.74) is 0.183. The number of rotatable bonds is 3. The molecule has 1 unspecified atom stereocenters. The van der Waals surface area contributed by atoms with E-state index in [1.807, 2.05) is 0 Å². The van der Waals surface area contributed by atoms with Gasteiger partial charge in [-0.05, 0) is 12.1 Å². The highest BCUT2D eigenvalue weighted by Crippen LogP contribution is 2.54. The number of nitrogens with zero attached hydrogens (tertiary/aromatic N) is 2. The second kappa shape index (κ2) is 3.96. The maximum absolute atomic E-state index is 12.2. The third-order valence-corrected chi connectivity index (χ3v) is 3.92. The number of carbonyl (C=O) groups excluding carboxylic acids is 3. The molecule has 1 aromatic rings. The number of imide groups is 1. The molecule has 3 rings (SSSR count). The Morgan fingerprint density at radius 3 is 2.10 bits per heavy atom. The number of amides is 2. The number of non-ortho nitro benzene ring substituents is 1. The predicted octanol–water partition coefficient (Wildman–Crippen LogP) is 0.638. The van der Waals surface area contributed by atoms with Crippen LogP contribution in [0.5, 0.6) is 0 Å². The highest BCUT2D eigenvalue weighted by Gasteiger charge is 2.69. The van der Waals surface area contributed by atoms with Crippen molar-refractivity contribution in [3.63, 3.8) is 0 Å². The predicted molar refractivity (Wildman–Crippen MR) is 65.7 cm³/mol. The van der Waals surface area contributed by atoms with E-state index in [1.54, 1.807) is 0 Å². The fraction of sp³-hybridized carbons (Fsp3) is 0.308. The van der Waals surface area contributed by atoms with Crippen LogP contribution >= 0.6 is 0 Å².